The van der Waals surface area contributed by atoms with Crippen molar-refractivity contribution in [3.8, 4) is 5.75 Å². The van der Waals surface area contributed by atoms with Crippen LogP contribution in [0.25, 0.3) is 4.91 Å². The van der Waals surface area contributed by atoms with Gasteiger partial charge in [0.2, 0.25) is 5.91 Å². The molecular formula is C22H24N2O5S. The van der Waals surface area contributed by atoms with Gasteiger partial charge >= 0.3 is 0 Å². The molecule has 0 unspecified atom stereocenters. The summed E-state index contributed by atoms with van der Waals surface area (Å²) >= 11 is 0. The summed E-state index contributed by atoms with van der Waals surface area (Å²) < 4.78 is 32.0. The number of methoxy groups -OCH3 is 1. The molecule has 8 heteroatoms. The summed E-state index contributed by atoms with van der Waals surface area (Å²) in [6.45, 7) is 4.84. The predicted molar refractivity (Wildman–Crippen MR) is 114 cm³/mol. The molecule has 1 N–H and O–H groups in total. The zero-order valence-electron chi connectivity index (χ0n) is 17.4. The molecule has 0 saturated heterocycles. The van der Waals surface area contributed by atoms with Crippen LogP contribution in [0, 0.1) is 13.8 Å². The van der Waals surface area contributed by atoms with Gasteiger partial charge in [0.1, 0.15) is 17.2 Å². The highest BCUT2D eigenvalue weighted by Crippen LogP contribution is 2.35. The number of nitrogens with zero attached hydrogens (tertiary/aromatic N) is 1. The van der Waals surface area contributed by atoms with Crippen molar-refractivity contribution in [1.29, 1.82) is 0 Å². The van der Waals surface area contributed by atoms with Gasteiger partial charge in [0.25, 0.3) is 15.9 Å². The van der Waals surface area contributed by atoms with Crippen molar-refractivity contribution in [2.45, 2.75) is 27.3 Å². The van der Waals surface area contributed by atoms with Crippen molar-refractivity contribution in [2.24, 2.45) is 0 Å². The first kappa shape index (κ1) is 21.6. The lowest BCUT2D eigenvalue weighted by Crippen LogP contribution is -2.40. The number of para-hydroxylation sites is 1. The maximum Gasteiger partial charge on any atom is 0.268 e. The Hall–Kier alpha value is -3.13. The van der Waals surface area contributed by atoms with E-state index in [0.29, 0.717) is 15.6 Å². The van der Waals surface area contributed by atoms with Gasteiger partial charge in [0.05, 0.1) is 7.11 Å². The van der Waals surface area contributed by atoms with E-state index in [1.54, 1.807) is 24.3 Å². The Bertz CT molecular complexity index is 1150. The zero-order valence-corrected chi connectivity index (χ0v) is 18.2. The molecule has 0 spiro atoms. The quantitative estimate of drug-likeness (QED) is 0.763. The maximum atomic E-state index is 13.1. The van der Waals surface area contributed by atoms with Crippen LogP contribution in [-0.2, 0) is 26.2 Å². The van der Waals surface area contributed by atoms with Crippen molar-refractivity contribution in [1.82, 2.24) is 9.62 Å². The monoisotopic (exact) mass is 428 g/mol. The number of carbonyl (C=O) groups excluding carboxylic acids is 2. The third-order valence-corrected chi connectivity index (χ3v) is 7.09. The van der Waals surface area contributed by atoms with E-state index in [2.05, 4.69) is 5.32 Å². The van der Waals surface area contributed by atoms with Crippen molar-refractivity contribution >= 4 is 26.7 Å². The molecule has 0 fully saturated rings. The largest absolute Gasteiger partial charge is 0.496 e. The summed E-state index contributed by atoms with van der Waals surface area (Å²) in [6.07, 6.45) is 0. The van der Waals surface area contributed by atoms with Crippen molar-refractivity contribution in [3.63, 3.8) is 0 Å². The molecular weight excluding hydrogens is 404 g/mol. The molecule has 1 heterocycles. The van der Waals surface area contributed by atoms with Gasteiger partial charge in [0.15, 0.2) is 0 Å². The first-order valence-corrected chi connectivity index (χ1v) is 10.8. The standard InChI is InChI=1S/C22H24N2O5S/c1-14-9-10-17(11-15(14)2)21-16(3)22(26)24(30(21,27)28)13-20(25)23-12-18-7-5-6-8-19(18)29-4/h5-11H,12-13H2,1-4H3,(H,23,25). The number of benzene rings is 2. The Morgan fingerprint density at radius 1 is 1.07 bits per heavy atom. The molecule has 0 saturated carbocycles. The van der Waals surface area contributed by atoms with Crippen LogP contribution >= 0.6 is 0 Å². The lowest BCUT2D eigenvalue weighted by atomic mass is 10.0. The number of rotatable bonds is 6. The summed E-state index contributed by atoms with van der Waals surface area (Å²) in [5, 5.41) is 2.65. The molecule has 1 aliphatic rings. The summed E-state index contributed by atoms with van der Waals surface area (Å²) in [7, 11) is -2.60. The molecule has 7 nitrogen and oxygen atoms in total. The van der Waals surface area contributed by atoms with Crippen LogP contribution in [0.4, 0.5) is 0 Å². The van der Waals surface area contributed by atoms with Gasteiger partial charge in [-0.1, -0.05) is 36.4 Å². The molecule has 2 aromatic rings. The van der Waals surface area contributed by atoms with Gasteiger partial charge in [-0.05, 0) is 43.5 Å². The molecule has 0 bridgehead atoms. The van der Waals surface area contributed by atoms with Gasteiger partial charge in [-0.25, -0.2) is 12.7 Å². The Morgan fingerprint density at radius 3 is 2.43 bits per heavy atom. The highest BCUT2D eigenvalue weighted by Gasteiger charge is 2.43. The van der Waals surface area contributed by atoms with Gasteiger partial charge in [-0.2, -0.15) is 0 Å². The predicted octanol–water partition coefficient (Wildman–Crippen LogP) is 2.53. The fraction of sp³-hybridized carbons (Fsp3) is 0.273. The summed E-state index contributed by atoms with van der Waals surface area (Å²) in [5.74, 6) is -0.653. The average Bonchev–Trinajstić information content (AvgIpc) is 2.88. The van der Waals surface area contributed by atoms with Crippen LogP contribution in [0.1, 0.15) is 29.2 Å². The molecule has 2 amide bonds. The SMILES string of the molecule is COc1ccccc1CNC(=O)CN1C(=O)C(C)=C(c2ccc(C)c(C)c2)S1(=O)=O. The van der Waals surface area contributed by atoms with Gasteiger partial charge < -0.3 is 10.1 Å². The number of hydrogen-bond acceptors (Lipinski definition) is 5. The van der Waals surface area contributed by atoms with Crippen LogP contribution in [-0.4, -0.2) is 38.2 Å². The number of sulfonamides is 1. The molecule has 158 valence electrons. The van der Waals surface area contributed by atoms with Gasteiger partial charge in [0, 0.05) is 17.7 Å². The fourth-order valence-electron chi connectivity index (χ4n) is 3.33. The molecule has 1 aliphatic heterocycles. The van der Waals surface area contributed by atoms with Crippen molar-refractivity contribution < 1.29 is 22.7 Å². The van der Waals surface area contributed by atoms with Crippen LogP contribution in [0.3, 0.4) is 0 Å². The van der Waals surface area contributed by atoms with Crippen molar-refractivity contribution in [2.75, 3.05) is 13.7 Å². The second kappa shape index (κ2) is 8.31. The van der Waals surface area contributed by atoms with Crippen LogP contribution < -0.4 is 10.1 Å². The summed E-state index contributed by atoms with van der Waals surface area (Å²) in [5.41, 5.74) is 3.24. The minimum atomic E-state index is -4.12. The first-order chi connectivity index (χ1) is 14.2. The smallest absolute Gasteiger partial charge is 0.268 e. The van der Waals surface area contributed by atoms with Gasteiger partial charge in [-0.15, -0.1) is 0 Å². The Morgan fingerprint density at radius 2 is 1.77 bits per heavy atom. The van der Waals surface area contributed by atoms with Crippen molar-refractivity contribution in [3.05, 3.63) is 70.3 Å². The average molecular weight is 429 g/mol. The molecule has 0 atom stereocenters. The van der Waals surface area contributed by atoms with E-state index in [4.69, 9.17) is 4.74 Å². The van der Waals surface area contributed by atoms with E-state index in [1.807, 2.05) is 32.0 Å². The lowest BCUT2D eigenvalue weighted by Gasteiger charge is -2.17. The van der Waals surface area contributed by atoms with Crippen LogP contribution in [0.5, 0.6) is 5.75 Å². The second-order valence-corrected chi connectivity index (χ2v) is 8.96. The molecule has 30 heavy (non-hydrogen) atoms. The first-order valence-electron chi connectivity index (χ1n) is 9.41. The summed E-state index contributed by atoms with van der Waals surface area (Å²) in [4.78, 5) is 25.0. The van der Waals surface area contributed by atoms with E-state index >= 15 is 0 Å². The highest BCUT2D eigenvalue weighted by molar-refractivity contribution is 7.99. The second-order valence-electron chi connectivity index (χ2n) is 7.16. The van der Waals surface area contributed by atoms with E-state index in [1.165, 1.54) is 14.0 Å². The number of amides is 2. The van der Waals surface area contributed by atoms with E-state index in [0.717, 1.165) is 16.7 Å². The third kappa shape index (κ3) is 3.95. The number of nitrogens with one attached hydrogen (secondary N) is 1. The van der Waals surface area contributed by atoms with Gasteiger partial charge in [-0.3, -0.25) is 9.59 Å². The van der Waals surface area contributed by atoms with E-state index in [9.17, 15) is 18.0 Å². The topological polar surface area (TPSA) is 92.8 Å². The Labute approximate surface area is 176 Å². The van der Waals surface area contributed by atoms with Crippen LogP contribution in [0.15, 0.2) is 48.0 Å². The van der Waals surface area contributed by atoms with E-state index in [-0.39, 0.29) is 17.0 Å². The van der Waals surface area contributed by atoms with Crippen LogP contribution in [0.2, 0.25) is 0 Å². The number of hydrogen-bond donors (Lipinski definition) is 1. The summed E-state index contributed by atoms with van der Waals surface area (Å²) in [6, 6.07) is 12.4. The molecule has 0 aromatic heterocycles. The normalized spacial score (nSPS) is 15.5. The minimum Gasteiger partial charge on any atom is -0.496 e. The molecule has 0 aliphatic carbocycles. The Kier molecular flexibility index (Phi) is 5.98. The third-order valence-electron chi connectivity index (χ3n) is 5.16. The maximum absolute atomic E-state index is 13.1. The lowest BCUT2D eigenvalue weighted by molar-refractivity contribution is -0.128. The molecule has 2 aromatic carbocycles. The molecule has 3 rings (SSSR count). The number of carbonyl (C=O) groups is 2. The number of ether oxygens (including phenoxy) is 1. The minimum absolute atomic E-state index is 0.0480. The zero-order chi connectivity index (χ0) is 22.1. The Balaban J connectivity index is 1.78. The van der Waals surface area contributed by atoms with E-state index < -0.39 is 28.4 Å². The number of aryl methyl sites for hydroxylation is 2. The fourth-order valence-corrected chi connectivity index (χ4v) is 5.09. The highest BCUT2D eigenvalue weighted by atomic mass is 32.2. The molecule has 0 radical (unpaired) electrons.